The summed E-state index contributed by atoms with van der Waals surface area (Å²) in [6, 6.07) is 2.27. The SMILES string of the molecule is C=CCCC(NCC)c1ccncc1Cl. The van der Waals surface area contributed by atoms with Crippen LogP contribution in [0.1, 0.15) is 31.4 Å². The van der Waals surface area contributed by atoms with E-state index in [0.29, 0.717) is 6.04 Å². The fourth-order valence-electron chi connectivity index (χ4n) is 1.57. The van der Waals surface area contributed by atoms with Crippen LogP contribution in [0.15, 0.2) is 31.1 Å². The Labute approximate surface area is 96.4 Å². The Hall–Kier alpha value is -0.860. The van der Waals surface area contributed by atoms with Crippen LogP contribution in [-0.4, -0.2) is 11.5 Å². The summed E-state index contributed by atoms with van der Waals surface area (Å²) in [5.41, 5.74) is 1.12. The normalized spacial score (nSPS) is 12.4. The molecule has 1 rings (SSSR count). The second kappa shape index (κ2) is 6.59. The van der Waals surface area contributed by atoms with Gasteiger partial charge in [-0.05, 0) is 31.0 Å². The van der Waals surface area contributed by atoms with E-state index in [1.807, 2.05) is 12.1 Å². The minimum absolute atomic E-state index is 0.295. The van der Waals surface area contributed by atoms with Gasteiger partial charge >= 0.3 is 0 Å². The number of rotatable bonds is 6. The van der Waals surface area contributed by atoms with Gasteiger partial charge in [-0.15, -0.1) is 6.58 Å². The van der Waals surface area contributed by atoms with Crippen molar-refractivity contribution < 1.29 is 0 Å². The molecule has 0 saturated carbocycles. The van der Waals surface area contributed by atoms with E-state index in [2.05, 4.69) is 23.8 Å². The van der Waals surface area contributed by atoms with E-state index in [9.17, 15) is 0 Å². The highest BCUT2D eigenvalue weighted by molar-refractivity contribution is 6.31. The summed E-state index contributed by atoms with van der Waals surface area (Å²) >= 11 is 6.11. The molecular weight excluding hydrogens is 208 g/mol. The lowest BCUT2D eigenvalue weighted by atomic mass is 10.0. The number of hydrogen-bond donors (Lipinski definition) is 1. The van der Waals surface area contributed by atoms with Gasteiger partial charge in [0, 0.05) is 18.4 Å². The Morgan fingerprint density at radius 2 is 2.47 bits per heavy atom. The van der Waals surface area contributed by atoms with Crippen LogP contribution in [0.2, 0.25) is 5.02 Å². The smallest absolute Gasteiger partial charge is 0.0637 e. The summed E-state index contributed by atoms with van der Waals surface area (Å²) in [5.74, 6) is 0. The largest absolute Gasteiger partial charge is 0.310 e. The summed E-state index contributed by atoms with van der Waals surface area (Å²) in [5, 5.41) is 4.14. The number of allylic oxidation sites excluding steroid dienone is 1. The van der Waals surface area contributed by atoms with Crippen LogP contribution in [0.3, 0.4) is 0 Å². The van der Waals surface area contributed by atoms with Gasteiger partial charge in [0.2, 0.25) is 0 Å². The van der Waals surface area contributed by atoms with Crippen LogP contribution in [-0.2, 0) is 0 Å². The molecule has 1 N–H and O–H groups in total. The lowest BCUT2D eigenvalue weighted by molar-refractivity contribution is 0.519. The van der Waals surface area contributed by atoms with Crippen LogP contribution in [0.4, 0.5) is 0 Å². The predicted octanol–water partition coefficient (Wildman–Crippen LogP) is 3.35. The second-order valence-corrected chi connectivity index (χ2v) is 3.78. The number of halogens is 1. The molecule has 0 amide bonds. The molecule has 0 aromatic carbocycles. The Kier molecular flexibility index (Phi) is 5.37. The van der Waals surface area contributed by atoms with E-state index in [0.717, 1.165) is 30.0 Å². The molecule has 1 atom stereocenters. The zero-order valence-electron chi connectivity index (χ0n) is 9.04. The molecule has 1 aromatic rings. The monoisotopic (exact) mass is 224 g/mol. The summed E-state index contributed by atoms with van der Waals surface area (Å²) in [4.78, 5) is 3.99. The highest BCUT2D eigenvalue weighted by Crippen LogP contribution is 2.25. The van der Waals surface area contributed by atoms with Gasteiger partial charge < -0.3 is 5.32 Å². The van der Waals surface area contributed by atoms with Gasteiger partial charge in [0.25, 0.3) is 0 Å². The van der Waals surface area contributed by atoms with Crippen molar-refractivity contribution >= 4 is 11.6 Å². The third-order valence-electron chi connectivity index (χ3n) is 2.29. The van der Waals surface area contributed by atoms with Crippen LogP contribution < -0.4 is 5.32 Å². The maximum absolute atomic E-state index is 6.11. The quantitative estimate of drug-likeness (QED) is 0.750. The second-order valence-electron chi connectivity index (χ2n) is 3.37. The van der Waals surface area contributed by atoms with Gasteiger partial charge in [0.1, 0.15) is 0 Å². The van der Waals surface area contributed by atoms with E-state index < -0.39 is 0 Å². The number of nitrogens with one attached hydrogen (secondary N) is 1. The average Bonchev–Trinajstić information content (AvgIpc) is 2.25. The molecule has 3 heteroatoms. The minimum Gasteiger partial charge on any atom is -0.310 e. The molecule has 2 nitrogen and oxygen atoms in total. The topological polar surface area (TPSA) is 24.9 Å². The molecule has 82 valence electrons. The van der Waals surface area contributed by atoms with Crippen molar-refractivity contribution in [3.8, 4) is 0 Å². The van der Waals surface area contributed by atoms with E-state index in [-0.39, 0.29) is 0 Å². The van der Waals surface area contributed by atoms with E-state index in [1.54, 1.807) is 12.4 Å². The molecule has 0 saturated heterocycles. The minimum atomic E-state index is 0.295. The van der Waals surface area contributed by atoms with Crippen molar-refractivity contribution in [2.24, 2.45) is 0 Å². The summed E-state index contributed by atoms with van der Waals surface area (Å²) in [7, 11) is 0. The molecule has 0 aliphatic carbocycles. The van der Waals surface area contributed by atoms with Gasteiger partial charge in [-0.25, -0.2) is 0 Å². The third kappa shape index (κ3) is 3.65. The maximum atomic E-state index is 6.11. The van der Waals surface area contributed by atoms with Gasteiger partial charge in [-0.3, -0.25) is 4.98 Å². The van der Waals surface area contributed by atoms with Gasteiger partial charge in [0.05, 0.1) is 5.02 Å². The Balaban J connectivity index is 2.78. The fourth-order valence-corrected chi connectivity index (χ4v) is 1.82. The van der Waals surface area contributed by atoms with Crippen molar-refractivity contribution in [2.75, 3.05) is 6.54 Å². The Morgan fingerprint density at radius 1 is 1.67 bits per heavy atom. The zero-order chi connectivity index (χ0) is 11.1. The first-order valence-electron chi connectivity index (χ1n) is 5.23. The molecule has 1 heterocycles. The van der Waals surface area contributed by atoms with Crippen molar-refractivity contribution in [2.45, 2.75) is 25.8 Å². The lowest BCUT2D eigenvalue weighted by Gasteiger charge is -2.18. The summed E-state index contributed by atoms with van der Waals surface area (Å²) in [6.07, 6.45) is 7.39. The molecule has 0 radical (unpaired) electrons. The molecular formula is C12H17ClN2. The van der Waals surface area contributed by atoms with E-state index in [1.165, 1.54) is 0 Å². The predicted molar refractivity (Wildman–Crippen MR) is 65.1 cm³/mol. The average molecular weight is 225 g/mol. The van der Waals surface area contributed by atoms with E-state index in [4.69, 9.17) is 11.6 Å². The van der Waals surface area contributed by atoms with Gasteiger partial charge in [0.15, 0.2) is 0 Å². The lowest BCUT2D eigenvalue weighted by Crippen LogP contribution is -2.21. The highest BCUT2D eigenvalue weighted by atomic mass is 35.5. The summed E-state index contributed by atoms with van der Waals surface area (Å²) < 4.78 is 0. The van der Waals surface area contributed by atoms with Crippen molar-refractivity contribution in [1.29, 1.82) is 0 Å². The molecule has 1 unspecified atom stereocenters. The van der Waals surface area contributed by atoms with Crippen LogP contribution in [0.5, 0.6) is 0 Å². The molecule has 15 heavy (non-hydrogen) atoms. The number of aromatic nitrogens is 1. The molecule has 0 spiro atoms. The third-order valence-corrected chi connectivity index (χ3v) is 2.61. The standard InChI is InChI=1S/C12H17ClN2/c1-3-5-6-12(15-4-2)10-7-8-14-9-11(10)13/h3,7-9,12,15H,1,4-6H2,2H3. The molecule has 0 fully saturated rings. The van der Waals surface area contributed by atoms with E-state index >= 15 is 0 Å². The first-order chi connectivity index (χ1) is 7.29. The first kappa shape index (κ1) is 12.2. The summed E-state index contributed by atoms with van der Waals surface area (Å²) in [6.45, 7) is 6.76. The molecule has 0 aliphatic heterocycles. The Morgan fingerprint density at radius 3 is 3.07 bits per heavy atom. The van der Waals surface area contributed by atoms with Crippen molar-refractivity contribution in [3.05, 3.63) is 41.7 Å². The highest BCUT2D eigenvalue weighted by Gasteiger charge is 2.12. The molecule has 0 bridgehead atoms. The van der Waals surface area contributed by atoms with Gasteiger partial charge in [-0.1, -0.05) is 24.6 Å². The first-order valence-corrected chi connectivity index (χ1v) is 5.61. The maximum Gasteiger partial charge on any atom is 0.0637 e. The Bertz CT molecular complexity index is 312. The number of nitrogens with zero attached hydrogens (tertiary/aromatic N) is 1. The number of hydrogen-bond acceptors (Lipinski definition) is 2. The van der Waals surface area contributed by atoms with Crippen LogP contribution >= 0.6 is 11.6 Å². The van der Waals surface area contributed by atoms with Gasteiger partial charge in [-0.2, -0.15) is 0 Å². The fraction of sp³-hybridized carbons (Fsp3) is 0.417. The molecule has 1 aromatic heterocycles. The van der Waals surface area contributed by atoms with Crippen LogP contribution in [0.25, 0.3) is 0 Å². The van der Waals surface area contributed by atoms with Crippen molar-refractivity contribution in [1.82, 2.24) is 10.3 Å². The zero-order valence-corrected chi connectivity index (χ0v) is 9.80. The van der Waals surface area contributed by atoms with Crippen LogP contribution in [0, 0.1) is 0 Å². The number of pyridine rings is 1. The molecule has 0 aliphatic rings. The van der Waals surface area contributed by atoms with Crippen molar-refractivity contribution in [3.63, 3.8) is 0 Å².